The molecule has 33 heavy (non-hydrogen) atoms. The van der Waals surface area contributed by atoms with E-state index in [0.717, 1.165) is 60.9 Å². The summed E-state index contributed by atoms with van der Waals surface area (Å²) in [5.74, 6) is 0.893. The van der Waals surface area contributed by atoms with Crippen molar-refractivity contribution in [3.05, 3.63) is 65.9 Å². The molecule has 1 aliphatic carbocycles. The van der Waals surface area contributed by atoms with Crippen LogP contribution in [0.2, 0.25) is 0 Å². The van der Waals surface area contributed by atoms with E-state index in [0.29, 0.717) is 29.6 Å². The van der Waals surface area contributed by atoms with Crippen LogP contribution >= 0.6 is 0 Å². The molecule has 1 aliphatic heterocycles. The molecule has 166 valence electrons. The van der Waals surface area contributed by atoms with Crippen LogP contribution in [0, 0.1) is 34.5 Å². The number of hydroxylamine groups is 2. The second kappa shape index (κ2) is 9.01. The van der Waals surface area contributed by atoms with Crippen LogP contribution in [0.15, 0.2) is 49.2 Å². The molecular formula is C25H25N7O. The third-order valence-electron chi connectivity index (χ3n) is 6.83. The molecule has 8 heteroatoms. The normalized spacial score (nSPS) is 22.7. The lowest BCUT2D eigenvalue weighted by Gasteiger charge is -2.35. The van der Waals surface area contributed by atoms with Crippen LogP contribution in [0.4, 0.5) is 0 Å². The van der Waals surface area contributed by atoms with Crippen molar-refractivity contribution < 1.29 is 4.84 Å². The molecule has 0 N–H and O–H groups in total. The topological polar surface area (TPSA) is 104 Å². The summed E-state index contributed by atoms with van der Waals surface area (Å²) in [6.07, 6.45) is 11.9. The average molecular weight is 440 g/mol. The first-order valence-electron chi connectivity index (χ1n) is 11.3. The van der Waals surface area contributed by atoms with Gasteiger partial charge in [0.1, 0.15) is 17.7 Å². The van der Waals surface area contributed by atoms with E-state index in [1.165, 1.54) is 0 Å². The first-order chi connectivity index (χ1) is 16.2. The maximum absolute atomic E-state index is 9.21. The van der Waals surface area contributed by atoms with Crippen LogP contribution in [-0.2, 0) is 11.4 Å². The molecule has 0 spiro atoms. The Kier molecular flexibility index (Phi) is 5.77. The molecule has 0 amide bonds. The molecule has 2 fully saturated rings. The fourth-order valence-electron chi connectivity index (χ4n) is 5.02. The Labute approximate surface area is 192 Å². The Morgan fingerprint density at radius 1 is 1.03 bits per heavy atom. The van der Waals surface area contributed by atoms with Crippen LogP contribution in [0.3, 0.4) is 0 Å². The van der Waals surface area contributed by atoms with Crippen molar-refractivity contribution in [3.63, 3.8) is 0 Å². The van der Waals surface area contributed by atoms with Gasteiger partial charge in [-0.2, -0.15) is 15.6 Å². The molecule has 4 heterocycles. The molecule has 0 bridgehead atoms. The van der Waals surface area contributed by atoms with Crippen molar-refractivity contribution in [2.45, 2.75) is 44.7 Å². The third-order valence-corrected chi connectivity index (χ3v) is 6.83. The number of pyridine rings is 2. The second-order valence-electron chi connectivity index (χ2n) is 8.86. The third kappa shape index (κ3) is 4.18. The molecule has 0 radical (unpaired) electrons. The number of fused-ring (bicyclic) bond motifs is 1. The van der Waals surface area contributed by atoms with E-state index in [4.69, 9.17) is 4.84 Å². The number of hydrogen-bond acceptors (Lipinski definition) is 7. The maximum Gasteiger partial charge on any atom is 0.108 e. The highest BCUT2D eigenvalue weighted by Crippen LogP contribution is 2.40. The van der Waals surface area contributed by atoms with Gasteiger partial charge in [-0.3, -0.25) is 24.6 Å². The zero-order valence-electron chi connectivity index (χ0n) is 18.4. The van der Waals surface area contributed by atoms with Gasteiger partial charge >= 0.3 is 0 Å². The SMILES string of the molecule is C=C(C1CCC(Cn2ncc3ncc(C#N)cc32)CC1)N1OCCC1c1cncc(C#N)c1. The average Bonchev–Trinajstić information content (AvgIpc) is 3.51. The van der Waals surface area contributed by atoms with Gasteiger partial charge in [0.15, 0.2) is 0 Å². The number of allylic oxidation sites excluding steroid dienone is 1. The molecule has 1 saturated carbocycles. The van der Waals surface area contributed by atoms with Gasteiger partial charge in [-0.15, -0.1) is 0 Å². The molecule has 3 aromatic heterocycles. The minimum absolute atomic E-state index is 0.0493. The summed E-state index contributed by atoms with van der Waals surface area (Å²) in [5.41, 5.74) is 4.88. The Morgan fingerprint density at radius 3 is 2.61 bits per heavy atom. The Hall–Kier alpha value is -3.75. The van der Waals surface area contributed by atoms with Crippen molar-refractivity contribution in [1.82, 2.24) is 24.8 Å². The highest BCUT2D eigenvalue weighted by molar-refractivity contribution is 5.75. The standard InChI is InChI=1S/C25H25N7O/c1-17(32-24(6-7-33-32)22-8-19(10-26)12-28-14-22)21-4-2-18(3-5-21)16-31-25-9-20(11-27)13-29-23(25)15-30-31/h8-9,12-15,18,21,24H,1-7,16H2. The van der Waals surface area contributed by atoms with E-state index in [1.807, 2.05) is 28.1 Å². The zero-order chi connectivity index (χ0) is 22.8. The number of aromatic nitrogens is 4. The molecule has 1 unspecified atom stereocenters. The summed E-state index contributed by atoms with van der Waals surface area (Å²) in [6.45, 7) is 5.87. The predicted molar refractivity (Wildman–Crippen MR) is 121 cm³/mol. The molecule has 3 aromatic rings. The Balaban J connectivity index is 1.22. The number of nitriles is 2. The van der Waals surface area contributed by atoms with E-state index < -0.39 is 0 Å². The number of nitrogens with zero attached hydrogens (tertiary/aromatic N) is 7. The summed E-state index contributed by atoms with van der Waals surface area (Å²) < 4.78 is 1.98. The maximum atomic E-state index is 9.21. The fraction of sp³-hybridized carbons (Fsp3) is 0.400. The fourth-order valence-corrected chi connectivity index (χ4v) is 5.02. The van der Waals surface area contributed by atoms with Gasteiger partial charge < -0.3 is 0 Å². The number of hydrogen-bond donors (Lipinski definition) is 0. The van der Waals surface area contributed by atoms with Crippen molar-refractivity contribution in [3.8, 4) is 12.1 Å². The van der Waals surface area contributed by atoms with E-state index in [1.54, 1.807) is 18.6 Å². The highest BCUT2D eigenvalue weighted by Gasteiger charge is 2.34. The van der Waals surface area contributed by atoms with Gasteiger partial charge in [0, 0.05) is 43.2 Å². The molecule has 2 aliphatic rings. The first kappa shape index (κ1) is 21.1. The smallest absolute Gasteiger partial charge is 0.108 e. The second-order valence-corrected chi connectivity index (χ2v) is 8.86. The van der Waals surface area contributed by atoms with Crippen LogP contribution in [-0.4, -0.2) is 31.4 Å². The molecule has 1 atom stereocenters. The van der Waals surface area contributed by atoms with Gasteiger partial charge in [-0.1, -0.05) is 6.58 Å². The Bertz CT molecular complexity index is 1260. The van der Waals surface area contributed by atoms with Gasteiger partial charge in [0.25, 0.3) is 0 Å². The van der Waals surface area contributed by atoms with Crippen LogP contribution < -0.4 is 0 Å². The quantitative estimate of drug-likeness (QED) is 0.585. The molecular weight excluding hydrogens is 414 g/mol. The van der Waals surface area contributed by atoms with Crippen LogP contribution in [0.1, 0.15) is 54.8 Å². The van der Waals surface area contributed by atoms with Crippen molar-refractivity contribution >= 4 is 11.0 Å². The van der Waals surface area contributed by atoms with Crippen molar-refractivity contribution in [2.75, 3.05) is 6.61 Å². The van der Waals surface area contributed by atoms with E-state index in [9.17, 15) is 10.5 Å². The van der Waals surface area contributed by atoms with Gasteiger partial charge in [-0.05, 0) is 49.3 Å². The van der Waals surface area contributed by atoms with Crippen LogP contribution in [0.5, 0.6) is 0 Å². The van der Waals surface area contributed by atoms with Crippen LogP contribution in [0.25, 0.3) is 11.0 Å². The molecule has 0 aromatic carbocycles. The Morgan fingerprint density at radius 2 is 1.82 bits per heavy atom. The summed E-state index contributed by atoms with van der Waals surface area (Å²) in [5, 5.41) is 24.9. The molecule has 8 nitrogen and oxygen atoms in total. The highest BCUT2D eigenvalue weighted by atomic mass is 16.7. The lowest BCUT2D eigenvalue weighted by molar-refractivity contribution is -0.111. The largest absolute Gasteiger partial charge is 0.273 e. The molecule has 5 rings (SSSR count). The van der Waals surface area contributed by atoms with Gasteiger partial charge in [0.2, 0.25) is 0 Å². The summed E-state index contributed by atoms with van der Waals surface area (Å²) in [6, 6.07) is 8.13. The minimum Gasteiger partial charge on any atom is -0.273 e. The molecule has 1 saturated heterocycles. The zero-order valence-corrected chi connectivity index (χ0v) is 18.4. The summed E-state index contributed by atoms with van der Waals surface area (Å²) >= 11 is 0. The van der Waals surface area contributed by atoms with E-state index >= 15 is 0 Å². The summed E-state index contributed by atoms with van der Waals surface area (Å²) in [7, 11) is 0. The van der Waals surface area contributed by atoms with E-state index in [-0.39, 0.29) is 6.04 Å². The van der Waals surface area contributed by atoms with Gasteiger partial charge in [-0.25, -0.2) is 0 Å². The summed E-state index contributed by atoms with van der Waals surface area (Å²) in [4.78, 5) is 14.5. The lowest BCUT2D eigenvalue weighted by Crippen LogP contribution is -2.29. The number of rotatable bonds is 5. The first-order valence-corrected chi connectivity index (χ1v) is 11.3. The minimum atomic E-state index is 0.0493. The monoisotopic (exact) mass is 439 g/mol. The van der Waals surface area contributed by atoms with Gasteiger partial charge in [0.05, 0.1) is 35.5 Å². The lowest BCUT2D eigenvalue weighted by atomic mass is 9.80. The predicted octanol–water partition coefficient (Wildman–Crippen LogP) is 4.27. The van der Waals surface area contributed by atoms with Crippen molar-refractivity contribution in [1.29, 1.82) is 10.5 Å². The van der Waals surface area contributed by atoms with E-state index in [2.05, 4.69) is 33.8 Å². The van der Waals surface area contributed by atoms with Crippen molar-refractivity contribution in [2.24, 2.45) is 11.8 Å².